The fraction of sp³-hybridized carbons (Fsp3) is 0.889. The van der Waals surface area contributed by atoms with Gasteiger partial charge in [-0.3, -0.25) is 4.79 Å². The molecule has 0 aromatic rings. The van der Waals surface area contributed by atoms with E-state index in [4.69, 9.17) is 0 Å². The molecule has 0 radical (unpaired) electrons. The van der Waals surface area contributed by atoms with Gasteiger partial charge in [0.15, 0.2) is 0 Å². The highest BCUT2D eigenvalue weighted by molar-refractivity contribution is 5.78. The molecular weight excluding hydrogens is 248 g/mol. The summed E-state index contributed by atoms with van der Waals surface area (Å²) in [5.41, 5.74) is 0. The standard InChI is InChI=1S/C18H34O2/c1-3-4-11-15-18(20)16-13-10-8-6-5-7-9-12-14-17(2)19/h3-16H2,1-2H3. The number of unbranched alkanes of at least 4 members (excludes halogenated alkanes) is 9. The van der Waals surface area contributed by atoms with Crippen molar-refractivity contribution in [2.24, 2.45) is 0 Å². The molecule has 0 atom stereocenters. The molecule has 0 amide bonds. The molecule has 0 aromatic carbocycles. The first kappa shape index (κ1) is 19.3. The van der Waals surface area contributed by atoms with Gasteiger partial charge in [-0.1, -0.05) is 58.3 Å². The van der Waals surface area contributed by atoms with E-state index >= 15 is 0 Å². The van der Waals surface area contributed by atoms with Crippen LogP contribution in [0.3, 0.4) is 0 Å². The van der Waals surface area contributed by atoms with E-state index in [1.807, 2.05) is 0 Å². The normalized spacial score (nSPS) is 10.7. The molecule has 0 unspecified atom stereocenters. The number of rotatable bonds is 15. The number of carbonyl (C=O) groups excluding carboxylic acids is 2. The Morgan fingerprint density at radius 3 is 1.45 bits per heavy atom. The van der Waals surface area contributed by atoms with E-state index in [9.17, 15) is 9.59 Å². The second-order valence-electron chi connectivity index (χ2n) is 6.03. The Kier molecular flexibility index (Phi) is 14.3. The summed E-state index contributed by atoms with van der Waals surface area (Å²) in [6, 6.07) is 0. The summed E-state index contributed by atoms with van der Waals surface area (Å²) >= 11 is 0. The van der Waals surface area contributed by atoms with Crippen molar-refractivity contribution in [1.29, 1.82) is 0 Å². The largest absolute Gasteiger partial charge is 0.300 e. The van der Waals surface area contributed by atoms with Crippen molar-refractivity contribution in [3.8, 4) is 0 Å². The fourth-order valence-corrected chi connectivity index (χ4v) is 2.45. The molecule has 0 saturated carbocycles. The molecule has 0 spiro atoms. The molecule has 0 heterocycles. The highest BCUT2D eigenvalue weighted by Crippen LogP contribution is 2.12. The third-order valence-electron chi connectivity index (χ3n) is 3.79. The number of hydrogen-bond acceptors (Lipinski definition) is 2. The van der Waals surface area contributed by atoms with Gasteiger partial charge in [0, 0.05) is 19.3 Å². The van der Waals surface area contributed by atoms with Crippen LogP contribution in [0.15, 0.2) is 0 Å². The van der Waals surface area contributed by atoms with E-state index < -0.39 is 0 Å². The summed E-state index contributed by atoms with van der Waals surface area (Å²) in [6.45, 7) is 3.84. The molecule has 0 fully saturated rings. The first-order valence-corrected chi connectivity index (χ1v) is 8.68. The van der Waals surface area contributed by atoms with E-state index in [-0.39, 0.29) is 0 Å². The molecule has 0 aliphatic carbocycles. The van der Waals surface area contributed by atoms with Crippen LogP contribution >= 0.6 is 0 Å². The minimum Gasteiger partial charge on any atom is -0.300 e. The molecule has 118 valence electrons. The lowest BCUT2D eigenvalue weighted by atomic mass is 10.0. The lowest BCUT2D eigenvalue weighted by Crippen LogP contribution is -1.97. The molecule has 0 aliphatic heterocycles. The number of hydrogen-bond donors (Lipinski definition) is 0. The van der Waals surface area contributed by atoms with Crippen LogP contribution in [0.5, 0.6) is 0 Å². The molecule has 0 rings (SSSR count). The Bertz CT molecular complexity index is 246. The average Bonchev–Trinajstić information content (AvgIpc) is 2.41. The van der Waals surface area contributed by atoms with Crippen LogP contribution in [0.1, 0.15) is 104 Å². The Labute approximate surface area is 125 Å². The van der Waals surface area contributed by atoms with Gasteiger partial charge in [-0.2, -0.15) is 0 Å². The molecule has 2 heteroatoms. The number of Topliss-reactive ketones (excluding diaryl/α,β-unsaturated/α-hetero) is 2. The van der Waals surface area contributed by atoms with Crippen molar-refractivity contribution in [3.63, 3.8) is 0 Å². The molecular formula is C18H34O2. The SMILES string of the molecule is CCCCCC(=O)CCCCCCCCCCC(C)=O. The van der Waals surface area contributed by atoms with Gasteiger partial charge >= 0.3 is 0 Å². The lowest BCUT2D eigenvalue weighted by molar-refractivity contribution is -0.119. The summed E-state index contributed by atoms with van der Waals surface area (Å²) in [7, 11) is 0. The van der Waals surface area contributed by atoms with Crippen LogP contribution in [-0.4, -0.2) is 11.6 Å². The van der Waals surface area contributed by atoms with Crippen molar-refractivity contribution in [2.75, 3.05) is 0 Å². The lowest BCUT2D eigenvalue weighted by Gasteiger charge is -2.02. The minimum absolute atomic E-state index is 0.314. The van der Waals surface area contributed by atoms with Crippen molar-refractivity contribution >= 4 is 11.6 Å². The maximum absolute atomic E-state index is 11.6. The van der Waals surface area contributed by atoms with Gasteiger partial charge in [-0.15, -0.1) is 0 Å². The van der Waals surface area contributed by atoms with Gasteiger partial charge < -0.3 is 4.79 Å². The van der Waals surface area contributed by atoms with E-state index in [1.165, 1.54) is 51.4 Å². The van der Waals surface area contributed by atoms with Crippen LogP contribution in [0, 0.1) is 0 Å². The Hall–Kier alpha value is -0.660. The topological polar surface area (TPSA) is 34.1 Å². The molecule has 0 bridgehead atoms. The maximum Gasteiger partial charge on any atom is 0.132 e. The van der Waals surface area contributed by atoms with Crippen molar-refractivity contribution in [1.82, 2.24) is 0 Å². The van der Waals surface area contributed by atoms with Crippen LogP contribution in [0.2, 0.25) is 0 Å². The molecule has 0 aliphatic rings. The third-order valence-corrected chi connectivity index (χ3v) is 3.79. The van der Waals surface area contributed by atoms with Crippen LogP contribution < -0.4 is 0 Å². The summed E-state index contributed by atoms with van der Waals surface area (Å²) in [4.78, 5) is 22.3. The molecule has 0 N–H and O–H groups in total. The monoisotopic (exact) mass is 282 g/mol. The predicted octanol–water partition coefficient (Wildman–Crippen LogP) is 5.63. The Morgan fingerprint density at radius 2 is 1.00 bits per heavy atom. The van der Waals surface area contributed by atoms with Crippen molar-refractivity contribution in [2.45, 2.75) is 104 Å². The molecule has 0 aromatic heterocycles. The summed E-state index contributed by atoms with van der Waals surface area (Å²) in [6.07, 6.45) is 15.4. The summed E-state index contributed by atoms with van der Waals surface area (Å²) in [5, 5.41) is 0. The van der Waals surface area contributed by atoms with E-state index in [0.717, 1.165) is 38.5 Å². The second-order valence-corrected chi connectivity index (χ2v) is 6.03. The highest BCUT2D eigenvalue weighted by Gasteiger charge is 2.01. The summed E-state index contributed by atoms with van der Waals surface area (Å²) < 4.78 is 0. The van der Waals surface area contributed by atoms with Gasteiger partial charge in [-0.25, -0.2) is 0 Å². The Morgan fingerprint density at radius 1 is 0.600 bits per heavy atom. The van der Waals surface area contributed by atoms with Gasteiger partial charge in [0.25, 0.3) is 0 Å². The van der Waals surface area contributed by atoms with E-state index in [0.29, 0.717) is 11.6 Å². The predicted molar refractivity (Wildman–Crippen MR) is 86.0 cm³/mol. The van der Waals surface area contributed by atoms with E-state index in [2.05, 4.69) is 6.92 Å². The number of carbonyl (C=O) groups is 2. The van der Waals surface area contributed by atoms with Gasteiger partial charge in [-0.05, 0) is 26.2 Å². The second kappa shape index (κ2) is 14.7. The minimum atomic E-state index is 0.314. The van der Waals surface area contributed by atoms with E-state index in [1.54, 1.807) is 6.92 Å². The first-order valence-electron chi connectivity index (χ1n) is 8.68. The molecule has 0 saturated heterocycles. The van der Waals surface area contributed by atoms with Crippen LogP contribution in [0.4, 0.5) is 0 Å². The summed E-state index contributed by atoms with van der Waals surface area (Å²) in [5.74, 6) is 0.774. The van der Waals surface area contributed by atoms with Crippen molar-refractivity contribution in [3.05, 3.63) is 0 Å². The highest BCUT2D eigenvalue weighted by atomic mass is 16.1. The van der Waals surface area contributed by atoms with Crippen LogP contribution in [0.25, 0.3) is 0 Å². The zero-order valence-electron chi connectivity index (χ0n) is 13.7. The smallest absolute Gasteiger partial charge is 0.132 e. The van der Waals surface area contributed by atoms with Gasteiger partial charge in [0.1, 0.15) is 11.6 Å². The fourth-order valence-electron chi connectivity index (χ4n) is 2.45. The quantitative estimate of drug-likeness (QED) is 0.365. The average molecular weight is 282 g/mol. The van der Waals surface area contributed by atoms with Gasteiger partial charge in [0.05, 0.1) is 0 Å². The first-order chi connectivity index (χ1) is 9.66. The van der Waals surface area contributed by atoms with Crippen LogP contribution in [-0.2, 0) is 9.59 Å². The number of ketones is 2. The zero-order valence-corrected chi connectivity index (χ0v) is 13.7. The molecule has 2 nitrogen and oxygen atoms in total. The van der Waals surface area contributed by atoms with Crippen molar-refractivity contribution < 1.29 is 9.59 Å². The van der Waals surface area contributed by atoms with Gasteiger partial charge in [0.2, 0.25) is 0 Å². The molecule has 20 heavy (non-hydrogen) atoms. The third kappa shape index (κ3) is 15.4. The Balaban J connectivity index is 3.12. The maximum atomic E-state index is 11.6. The zero-order chi connectivity index (χ0) is 15.1.